The predicted octanol–water partition coefficient (Wildman–Crippen LogP) is 2.88. The summed E-state index contributed by atoms with van der Waals surface area (Å²) in [5.74, 6) is 0. The number of nitrogens with one attached hydrogen (secondary N) is 1. The van der Waals surface area contributed by atoms with Crippen molar-refractivity contribution in [1.29, 1.82) is 0 Å². The molecule has 0 spiro atoms. The molecule has 7 heteroatoms. The van der Waals surface area contributed by atoms with Crippen molar-refractivity contribution in [3.05, 3.63) is 58.6 Å². The van der Waals surface area contributed by atoms with E-state index in [0.717, 1.165) is 4.47 Å². The van der Waals surface area contributed by atoms with Gasteiger partial charge in [0.25, 0.3) is 10.0 Å². The molecule has 0 aliphatic carbocycles. The second-order valence-electron chi connectivity index (χ2n) is 3.98. The molecule has 0 unspecified atom stereocenters. The van der Waals surface area contributed by atoms with E-state index in [1.54, 1.807) is 42.5 Å². The Bertz CT molecular complexity index is 760. The number of hydrogen-bond acceptors (Lipinski definition) is 3. The zero-order valence-electron chi connectivity index (χ0n) is 10.2. The molecule has 0 aromatic heterocycles. The minimum atomic E-state index is -3.74. The van der Waals surface area contributed by atoms with E-state index < -0.39 is 10.0 Å². The third-order valence-electron chi connectivity index (χ3n) is 2.52. The number of benzene rings is 2. The average molecular weight is 371 g/mol. The van der Waals surface area contributed by atoms with Crippen molar-refractivity contribution in [3.8, 4) is 0 Å². The van der Waals surface area contributed by atoms with E-state index >= 15 is 0 Å². The van der Waals surface area contributed by atoms with Crippen LogP contribution in [-0.2, 0) is 10.0 Å². The van der Waals surface area contributed by atoms with Gasteiger partial charge in [-0.2, -0.15) is 0 Å². The van der Waals surface area contributed by atoms with Gasteiger partial charge in [-0.3, -0.25) is 4.72 Å². The van der Waals surface area contributed by atoms with Gasteiger partial charge in [-0.15, -0.1) is 0 Å². The molecule has 0 aliphatic heterocycles. The number of halogens is 1. The summed E-state index contributed by atoms with van der Waals surface area (Å²) in [6, 6.07) is 13.2. The summed E-state index contributed by atoms with van der Waals surface area (Å²) in [5.41, 5.74) is 6.34. The lowest BCUT2D eigenvalue weighted by Gasteiger charge is -2.11. The fourth-order valence-corrected chi connectivity index (χ4v) is 3.58. The number of hydrogen-bond donors (Lipinski definition) is 2. The lowest BCUT2D eigenvalue weighted by Crippen LogP contribution is -2.19. The zero-order valence-corrected chi connectivity index (χ0v) is 13.4. The van der Waals surface area contributed by atoms with E-state index in [-0.39, 0.29) is 9.88 Å². The quantitative estimate of drug-likeness (QED) is 0.811. The summed E-state index contributed by atoms with van der Waals surface area (Å²) >= 11 is 8.17. The molecule has 104 valence electrons. The van der Waals surface area contributed by atoms with Crippen LogP contribution in [0, 0.1) is 0 Å². The van der Waals surface area contributed by atoms with Gasteiger partial charge in [-0.25, -0.2) is 8.42 Å². The summed E-state index contributed by atoms with van der Waals surface area (Å²) in [4.78, 5) is 0.104. The van der Waals surface area contributed by atoms with Gasteiger partial charge in [0, 0.05) is 15.7 Å². The van der Waals surface area contributed by atoms with Crippen LogP contribution >= 0.6 is 28.1 Å². The molecule has 0 aliphatic rings. The second kappa shape index (κ2) is 5.90. The van der Waals surface area contributed by atoms with Crippen LogP contribution in [0.4, 0.5) is 5.69 Å². The number of sulfonamides is 1. The standard InChI is InChI=1S/C13H11BrN2O2S2/c14-9-4-3-5-10(8-9)16-20(17,18)12-7-2-1-6-11(12)13(15)19/h1-8,16H,(H2,15,19). The lowest BCUT2D eigenvalue weighted by atomic mass is 10.2. The van der Waals surface area contributed by atoms with Crippen molar-refractivity contribution in [2.45, 2.75) is 4.90 Å². The molecule has 2 aromatic rings. The summed E-state index contributed by atoms with van der Waals surface area (Å²) in [7, 11) is -3.74. The van der Waals surface area contributed by atoms with Crippen molar-refractivity contribution in [2.75, 3.05) is 4.72 Å². The maximum Gasteiger partial charge on any atom is 0.262 e. The molecule has 4 nitrogen and oxygen atoms in total. The Morgan fingerprint density at radius 1 is 1.15 bits per heavy atom. The normalized spacial score (nSPS) is 11.1. The minimum Gasteiger partial charge on any atom is -0.389 e. The molecule has 20 heavy (non-hydrogen) atoms. The van der Waals surface area contributed by atoms with Crippen LogP contribution in [0.25, 0.3) is 0 Å². The van der Waals surface area contributed by atoms with Gasteiger partial charge in [0.15, 0.2) is 0 Å². The van der Waals surface area contributed by atoms with Crippen LogP contribution < -0.4 is 10.5 Å². The number of nitrogens with two attached hydrogens (primary N) is 1. The fraction of sp³-hybridized carbons (Fsp3) is 0. The fourth-order valence-electron chi connectivity index (χ4n) is 1.67. The monoisotopic (exact) mass is 370 g/mol. The zero-order chi connectivity index (χ0) is 14.8. The molecule has 0 fully saturated rings. The van der Waals surface area contributed by atoms with Crippen LogP contribution in [0.1, 0.15) is 5.56 Å². The maximum absolute atomic E-state index is 12.4. The minimum absolute atomic E-state index is 0.0419. The molecular weight excluding hydrogens is 360 g/mol. The van der Waals surface area contributed by atoms with Crippen LogP contribution in [0.5, 0.6) is 0 Å². The highest BCUT2D eigenvalue weighted by Gasteiger charge is 2.19. The van der Waals surface area contributed by atoms with Crippen molar-refractivity contribution < 1.29 is 8.42 Å². The predicted molar refractivity (Wildman–Crippen MR) is 87.3 cm³/mol. The highest BCUT2D eigenvalue weighted by Crippen LogP contribution is 2.21. The Labute approximate surface area is 131 Å². The largest absolute Gasteiger partial charge is 0.389 e. The van der Waals surface area contributed by atoms with Crippen molar-refractivity contribution >= 4 is 48.8 Å². The first-order valence-electron chi connectivity index (χ1n) is 5.57. The van der Waals surface area contributed by atoms with Crippen LogP contribution in [0.15, 0.2) is 57.9 Å². The van der Waals surface area contributed by atoms with Crippen molar-refractivity contribution in [1.82, 2.24) is 0 Å². The Morgan fingerprint density at radius 3 is 2.50 bits per heavy atom. The smallest absolute Gasteiger partial charge is 0.262 e. The average Bonchev–Trinajstić information content (AvgIpc) is 2.38. The van der Waals surface area contributed by atoms with E-state index in [9.17, 15) is 8.42 Å². The Kier molecular flexibility index (Phi) is 4.42. The molecule has 0 saturated carbocycles. The first-order valence-corrected chi connectivity index (χ1v) is 8.26. The SMILES string of the molecule is NC(=S)c1ccccc1S(=O)(=O)Nc1cccc(Br)c1. The topological polar surface area (TPSA) is 72.2 Å². The molecule has 0 heterocycles. The van der Waals surface area contributed by atoms with E-state index in [1.807, 2.05) is 0 Å². The molecule has 0 bridgehead atoms. The summed E-state index contributed by atoms with van der Waals surface area (Å²) in [6.45, 7) is 0. The van der Waals surface area contributed by atoms with Crippen LogP contribution in [0.3, 0.4) is 0 Å². The first kappa shape index (κ1) is 15.0. The summed E-state index contributed by atoms with van der Waals surface area (Å²) < 4.78 is 28.1. The third kappa shape index (κ3) is 3.36. The van der Waals surface area contributed by atoms with Gasteiger partial charge >= 0.3 is 0 Å². The van der Waals surface area contributed by atoms with Crippen LogP contribution in [-0.4, -0.2) is 13.4 Å². The van der Waals surface area contributed by atoms with Crippen molar-refractivity contribution in [2.24, 2.45) is 5.73 Å². The highest BCUT2D eigenvalue weighted by molar-refractivity contribution is 9.10. The summed E-state index contributed by atoms with van der Waals surface area (Å²) in [5, 5.41) is 0. The van der Waals surface area contributed by atoms with E-state index in [2.05, 4.69) is 20.7 Å². The van der Waals surface area contributed by atoms with E-state index in [4.69, 9.17) is 18.0 Å². The number of anilines is 1. The molecule has 2 aromatic carbocycles. The highest BCUT2D eigenvalue weighted by atomic mass is 79.9. The number of rotatable bonds is 4. The van der Waals surface area contributed by atoms with Gasteiger partial charge in [0.1, 0.15) is 4.99 Å². The number of thiocarbonyl (C=S) groups is 1. The van der Waals surface area contributed by atoms with Crippen LogP contribution in [0.2, 0.25) is 0 Å². The first-order chi connectivity index (χ1) is 9.40. The van der Waals surface area contributed by atoms with Gasteiger partial charge in [-0.05, 0) is 24.3 Å². The van der Waals surface area contributed by atoms with Gasteiger partial charge in [0.05, 0.1) is 4.90 Å². The lowest BCUT2D eigenvalue weighted by molar-refractivity contribution is 0.601. The molecule has 0 atom stereocenters. The van der Waals surface area contributed by atoms with E-state index in [1.165, 1.54) is 6.07 Å². The maximum atomic E-state index is 12.4. The molecule has 0 radical (unpaired) electrons. The van der Waals surface area contributed by atoms with Crippen molar-refractivity contribution in [3.63, 3.8) is 0 Å². The Morgan fingerprint density at radius 2 is 1.85 bits per heavy atom. The van der Waals surface area contributed by atoms with Gasteiger partial charge in [0.2, 0.25) is 0 Å². The van der Waals surface area contributed by atoms with E-state index in [0.29, 0.717) is 11.3 Å². The molecule has 2 rings (SSSR count). The molecule has 3 N–H and O–H groups in total. The molecule has 0 amide bonds. The van der Waals surface area contributed by atoms with Gasteiger partial charge in [-0.1, -0.05) is 52.4 Å². The summed E-state index contributed by atoms with van der Waals surface area (Å²) in [6.07, 6.45) is 0. The Balaban J connectivity index is 2.44. The second-order valence-corrected chi connectivity index (χ2v) is 6.98. The third-order valence-corrected chi connectivity index (χ3v) is 4.67. The van der Waals surface area contributed by atoms with Gasteiger partial charge < -0.3 is 5.73 Å². The molecule has 0 saturated heterocycles. The molecular formula is C13H11BrN2O2S2. The Hall–Kier alpha value is -1.44.